The second kappa shape index (κ2) is 9.22. The molecule has 0 amide bonds. The zero-order chi connectivity index (χ0) is 15.8. The maximum absolute atomic E-state index is 3.61. The molecule has 0 spiro atoms. The first-order chi connectivity index (χ1) is 9.88. The predicted octanol–water partition coefficient (Wildman–Crippen LogP) is 3.95. The Hall–Kier alpha value is -0.860. The summed E-state index contributed by atoms with van der Waals surface area (Å²) in [4.78, 5) is 2.33. The van der Waals surface area contributed by atoms with Gasteiger partial charge >= 0.3 is 0 Å². The zero-order valence-electron chi connectivity index (χ0n) is 14.8. The molecule has 1 rings (SSSR count). The molecule has 0 aliphatic carbocycles. The summed E-state index contributed by atoms with van der Waals surface area (Å²) < 4.78 is 0. The summed E-state index contributed by atoms with van der Waals surface area (Å²) in [6, 6.07) is 9.68. The molecule has 21 heavy (non-hydrogen) atoms. The van der Waals surface area contributed by atoms with Crippen LogP contribution < -0.4 is 5.32 Å². The van der Waals surface area contributed by atoms with Gasteiger partial charge in [-0.3, -0.25) is 0 Å². The highest BCUT2D eigenvalue weighted by atomic mass is 15.1. The van der Waals surface area contributed by atoms with E-state index in [1.807, 2.05) is 0 Å². The van der Waals surface area contributed by atoms with Crippen molar-refractivity contribution in [1.29, 1.82) is 0 Å². The molecule has 1 atom stereocenters. The fraction of sp³-hybridized carbons (Fsp3) is 0.684. The molecular formula is C19H34N2. The maximum Gasteiger partial charge on any atom is 0.0217 e. The van der Waals surface area contributed by atoms with E-state index in [-0.39, 0.29) is 0 Å². The van der Waals surface area contributed by atoms with E-state index in [1.54, 1.807) is 0 Å². The molecule has 0 fully saturated rings. The molecule has 0 radical (unpaired) electrons. The number of likely N-dealkylation sites (N-methyl/N-ethyl adjacent to an activating group) is 1. The van der Waals surface area contributed by atoms with E-state index in [9.17, 15) is 0 Å². The van der Waals surface area contributed by atoms with Gasteiger partial charge in [-0.2, -0.15) is 0 Å². The van der Waals surface area contributed by atoms with Gasteiger partial charge in [0, 0.05) is 19.1 Å². The number of nitrogens with one attached hydrogen (secondary N) is 1. The van der Waals surface area contributed by atoms with Gasteiger partial charge in [-0.05, 0) is 49.9 Å². The Morgan fingerprint density at radius 1 is 0.905 bits per heavy atom. The van der Waals surface area contributed by atoms with Crippen LogP contribution in [0.1, 0.15) is 45.2 Å². The summed E-state index contributed by atoms with van der Waals surface area (Å²) in [5.41, 5.74) is 2.82. The monoisotopic (exact) mass is 290 g/mol. The summed E-state index contributed by atoms with van der Waals surface area (Å²) >= 11 is 0. The Morgan fingerprint density at radius 2 is 1.48 bits per heavy atom. The van der Waals surface area contributed by atoms with Crippen molar-refractivity contribution in [3.8, 4) is 0 Å². The highest BCUT2D eigenvalue weighted by Crippen LogP contribution is 2.11. The molecular weight excluding hydrogens is 256 g/mol. The Kier molecular flexibility index (Phi) is 7.98. The molecule has 0 aromatic heterocycles. The second-order valence-corrected chi connectivity index (χ2v) is 7.29. The largest absolute Gasteiger partial charge is 0.311 e. The first-order valence-corrected chi connectivity index (χ1v) is 8.33. The van der Waals surface area contributed by atoms with Crippen LogP contribution in [-0.4, -0.2) is 31.6 Å². The first kappa shape index (κ1) is 18.2. The Morgan fingerprint density at radius 3 is 1.95 bits per heavy atom. The van der Waals surface area contributed by atoms with Crippen molar-refractivity contribution in [3.63, 3.8) is 0 Å². The van der Waals surface area contributed by atoms with Gasteiger partial charge in [-0.15, -0.1) is 0 Å². The molecule has 0 saturated heterocycles. The van der Waals surface area contributed by atoms with Gasteiger partial charge in [0.25, 0.3) is 0 Å². The lowest BCUT2D eigenvalue weighted by Gasteiger charge is -2.26. The van der Waals surface area contributed by atoms with Gasteiger partial charge in [0.1, 0.15) is 0 Å². The third kappa shape index (κ3) is 7.63. The van der Waals surface area contributed by atoms with Crippen molar-refractivity contribution < 1.29 is 0 Å². The molecule has 0 aliphatic rings. The Bertz CT molecular complexity index is 379. The van der Waals surface area contributed by atoms with Gasteiger partial charge < -0.3 is 10.2 Å². The van der Waals surface area contributed by atoms with E-state index in [4.69, 9.17) is 0 Å². The van der Waals surface area contributed by atoms with E-state index >= 15 is 0 Å². The van der Waals surface area contributed by atoms with E-state index < -0.39 is 0 Å². The van der Waals surface area contributed by atoms with E-state index in [1.165, 1.54) is 24.0 Å². The van der Waals surface area contributed by atoms with Crippen LogP contribution in [0.15, 0.2) is 24.3 Å². The van der Waals surface area contributed by atoms with Crippen LogP contribution in [0.25, 0.3) is 0 Å². The minimum atomic E-state index is 0.616. The minimum Gasteiger partial charge on any atom is -0.311 e. The van der Waals surface area contributed by atoms with E-state index in [2.05, 4.69) is 76.3 Å². The molecule has 120 valence electrons. The van der Waals surface area contributed by atoms with Crippen LogP contribution >= 0.6 is 0 Å². The SMILES string of the molecule is CC(C)Cc1ccc(CNCC(CC(C)C)N(C)C)cc1. The lowest BCUT2D eigenvalue weighted by Crippen LogP contribution is -2.38. The molecule has 1 unspecified atom stereocenters. The quantitative estimate of drug-likeness (QED) is 0.741. The van der Waals surface area contributed by atoms with Gasteiger partial charge in [-0.1, -0.05) is 52.0 Å². The van der Waals surface area contributed by atoms with Crippen molar-refractivity contribution in [2.24, 2.45) is 11.8 Å². The molecule has 2 nitrogen and oxygen atoms in total. The molecule has 1 aromatic carbocycles. The second-order valence-electron chi connectivity index (χ2n) is 7.29. The third-order valence-corrected chi connectivity index (χ3v) is 3.85. The van der Waals surface area contributed by atoms with Gasteiger partial charge in [0.2, 0.25) is 0 Å². The summed E-state index contributed by atoms with van der Waals surface area (Å²) in [6.07, 6.45) is 2.41. The summed E-state index contributed by atoms with van der Waals surface area (Å²) in [5.74, 6) is 1.47. The van der Waals surface area contributed by atoms with Crippen LogP contribution in [0.3, 0.4) is 0 Å². The fourth-order valence-corrected chi connectivity index (χ4v) is 2.67. The number of nitrogens with zero attached hydrogens (tertiary/aromatic N) is 1. The van der Waals surface area contributed by atoms with Gasteiger partial charge in [0.05, 0.1) is 0 Å². The average Bonchev–Trinajstić information content (AvgIpc) is 2.38. The fourth-order valence-electron chi connectivity index (χ4n) is 2.67. The lowest BCUT2D eigenvalue weighted by molar-refractivity contribution is 0.246. The van der Waals surface area contributed by atoms with Crippen molar-refractivity contribution in [3.05, 3.63) is 35.4 Å². The van der Waals surface area contributed by atoms with Crippen molar-refractivity contribution in [2.45, 2.75) is 53.1 Å². The summed E-state index contributed by atoms with van der Waals surface area (Å²) in [6.45, 7) is 11.1. The predicted molar refractivity (Wildman–Crippen MR) is 93.6 cm³/mol. The normalized spacial score (nSPS) is 13.4. The van der Waals surface area contributed by atoms with Crippen LogP contribution in [0.4, 0.5) is 0 Å². The molecule has 1 N–H and O–H groups in total. The first-order valence-electron chi connectivity index (χ1n) is 8.33. The van der Waals surface area contributed by atoms with Crippen molar-refractivity contribution >= 4 is 0 Å². The maximum atomic E-state index is 3.61. The van der Waals surface area contributed by atoms with E-state index in [0.717, 1.165) is 24.9 Å². The van der Waals surface area contributed by atoms with Crippen LogP contribution in [0.2, 0.25) is 0 Å². The number of hydrogen-bond acceptors (Lipinski definition) is 2. The highest BCUT2D eigenvalue weighted by molar-refractivity contribution is 5.22. The average molecular weight is 290 g/mol. The van der Waals surface area contributed by atoms with Gasteiger partial charge in [-0.25, -0.2) is 0 Å². The molecule has 0 saturated carbocycles. The number of benzene rings is 1. The Labute approximate surface area is 131 Å². The number of rotatable bonds is 9. The topological polar surface area (TPSA) is 15.3 Å². The Balaban J connectivity index is 2.40. The van der Waals surface area contributed by atoms with Crippen LogP contribution in [0.5, 0.6) is 0 Å². The zero-order valence-corrected chi connectivity index (χ0v) is 14.8. The lowest BCUT2D eigenvalue weighted by atomic mass is 10.0. The highest BCUT2D eigenvalue weighted by Gasteiger charge is 2.12. The van der Waals surface area contributed by atoms with Gasteiger partial charge in [0.15, 0.2) is 0 Å². The minimum absolute atomic E-state index is 0.616. The summed E-state index contributed by atoms with van der Waals surface area (Å²) in [7, 11) is 4.35. The third-order valence-electron chi connectivity index (χ3n) is 3.85. The van der Waals surface area contributed by atoms with E-state index in [0.29, 0.717) is 6.04 Å². The molecule has 1 aromatic rings. The standard InChI is InChI=1S/C19H34N2/c1-15(2)11-17-7-9-18(10-8-17)13-20-14-19(21(5)6)12-16(3)4/h7-10,15-16,19-20H,11-14H2,1-6H3. The van der Waals surface area contributed by atoms with Crippen molar-refractivity contribution in [1.82, 2.24) is 10.2 Å². The van der Waals surface area contributed by atoms with Crippen molar-refractivity contribution in [2.75, 3.05) is 20.6 Å². The van der Waals surface area contributed by atoms with Crippen LogP contribution in [0, 0.1) is 11.8 Å². The molecule has 2 heteroatoms. The molecule has 0 heterocycles. The molecule has 0 bridgehead atoms. The number of hydrogen-bond donors (Lipinski definition) is 1. The summed E-state index contributed by atoms with van der Waals surface area (Å²) in [5, 5.41) is 3.61. The molecule has 0 aliphatic heterocycles. The van der Waals surface area contributed by atoms with Crippen LogP contribution in [-0.2, 0) is 13.0 Å². The smallest absolute Gasteiger partial charge is 0.0217 e.